The third-order valence-corrected chi connectivity index (χ3v) is 4.64. The van der Waals surface area contributed by atoms with Gasteiger partial charge in [0.25, 0.3) is 0 Å². The molecule has 0 N–H and O–H groups in total. The summed E-state index contributed by atoms with van der Waals surface area (Å²) in [5.41, 5.74) is 2.27. The molecule has 0 atom stereocenters. The van der Waals surface area contributed by atoms with Crippen molar-refractivity contribution in [2.24, 2.45) is 0 Å². The molecule has 1 fully saturated rings. The Morgan fingerprint density at radius 2 is 1.71 bits per heavy atom. The molecule has 2 aromatic carbocycles. The van der Waals surface area contributed by atoms with Crippen molar-refractivity contribution < 1.29 is 9.18 Å². The zero-order valence-corrected chi connectivity index (χ0v) is 13.8. The van der Waals surface area contributed by atoms with Crippen molar-refractivity contribution in [1.82, 2.24) is 4.90 Å². The summed E-state index contributed by atoms with van der Waals surface area (Å²) in [6.07, 6.45) is 2.86. The molecule has 1 aliphatic heterocycles. The van der Waals surface area contributed by atoms with E-state index in [1.54, 1.807) is 6.07 Å². The molecular formula is C20H23FN2O. The van der Waals surface area contributed by atoms with Crippen molar-refractivity contribution in [2.45, 2.75) is 12.8 Å². The normalized spacial score (nSPS) is 15.5. The standard InChI is InChI=1S/C20H23FN2O/c21-19-9-4-10-20(18(19)16-24)23-14-12-22(13-15-23)11-5-8-17-6-2-1-3-7-17/h1-4,6-7,9-10,16H,5,8,11-15H2. The van der Waals surface area contributed by atoms with Crippen molar-refractivity contribution in [1.29, 1.82) is 0 Å². The fraction of sp³-hybridized carbons (Fsp3) is 0.350. The maximum Gasteiger partial charge on any atom is 0.155 e. The lowest BCUT2D eigenvalue weighted by Crippen LogP contribution is -2.47. The molecule has 0 amide bonds. The third-order valence-electron chi connectivity index (χ3n) is 4.64. The molecule has 0 aliphatic carbocycles. The highest BCUT2D eigenvalue weighted by atomic mass is 19.1. The average molecular weight is 326 g/mol. The summed E-state index contributed by atoms with van der Waals surface area (Å²) in [4.78, 5) is 15.7. The van der Waals surface area contributed by atoms with E-state index in [-0.39, 0.29) is 5.56 Å². The molecule has 2 aromatic rings. The van der Waals surface area contributed by atoms with E-state index in [2.05, 4.69) is 34.1 Å². The second-order valence-corrected chi connectivity index (χ2v) is 6.21. The van der Waals surface area contributed by atoms with Crippen LogP contribution in [0, 0.1) is 5.82 Å². The number of carbonyl (C=O) groups is 1. The molecule has 1 saturated heterocycles. The van der Waals surface area contributed by atoms with Crippen molar-refractivity contribution >= 4 is 12.0 Å². The molecule has 24 heavy (non-hydrogen) atoms. The molecule has 1 aliphatic rings. The van der Waals surface area contributed by atoms with E-state index in [4.69, 9.17) is 0 Å². The van der Waals surface area contributed by atoms with E-state index in [0.717, 1.165) is 45.6 Å². The quantitative estimate of drug-likeness (QED) is 0.760. The van der Waals surface area contributed by atoms with E-state index >= 15 is 0 Å². The van der Waals surface area contributed by atoms with Crippen LogP contribution >= 0.6 is 0 Å². The van der Waals surface area contributed by atoms with Gasteiger partial charge in [-0.2, -0.15) is 0 Å². The monoisotopic (exact) mass is 326 g/mol. The Morgan fingerprint density at radius 3 is 2.42 bits per heavy atom. The highest BCUT2D eigenvalue weighted by molar-refractivity contribution is 5.85. The number of rotatable bonds is 6. The van der Waals surface area contributed by atoms with Gasteiger partial charge in [-0.05, 0) is 37.1 Å². The van der Waals surface area contributed by atoms with Crippen LogP contribution in [-0.4, -0.2) is 43.9 Å². The van der Waals surface area contributed by atoms with Gasteiger partial charge in [0.05, 0.1) is 11.3 Å². The zero-order chi connectivity index (χ0) is 16.8. The summed E-state index contributed by atoms with van der Waals surface area (Å²) in [6.45, 7) is 4.63. The van der Waals surface area contributed by atoms with Crippen LogP contribution in [0.25, 0.3) is 0 Å². The van der Waals surface area contributed by atoms with E-state index in [1.807, 2.05) is 12.1 Å². The first-order valence-corrected chi connectivity index (χ1v) is 8.53. The van der Waals surface area contributed by atoms with E-state index in [0.29, 0.717) is 12.0 Å². The molecule has 0 saturated carbocycles. The number of piperazine rings is 1. The number of nitrogens with zero attached hydrogens (tertiary/aromatic N) is 2. The predicted molar refractivity (Wildman–Crippen MR) is 95.2 cm³/mol. The molecule has 0 bridgehead atoms. The Kier molecular flexibility index (Phi) is 5.59. The number of aldehydes is 1. The smallest absolute Gasteiger partial charge is 0.155 e. The molecule has 3 nitrogen and oxygen atoms in total. The molecule has 3 rings (SSSR count). The number of halogens is 1. The lowest BCUT2D eigenvalue weighted by Gasteiger charge is -2.36. The summed E-state index contributed by atoms with van der Waals surface area (Å²) in [7, 11) is 0. The van der Waals surface area contributed by atoms with Crippen LogP contribution in [-0.2, 0) is 6.42 Å². The van der Waals surface area contributed by atoms with Gasteiger partial charge in [0.15, 0.2) is 6.29 Å². The van der Waals surface area contributed by atoms with Gasteiger partial charge < -0.3 is 4.90 Å². The first-order valence-electron chi connectivity index (χ1n) is 8.53. The molecule has 126 valence electrons. The largest absolute Gasteiger partial charge is 0.368 e. The second kappa shape index (κ2) is 8.06. The highest BCUT2D eigenvalue weighted by Gasteiger charge is 2.20. The number of carbonyl (C=O) groups excluding carboxylic acids is 1. The van der Waals surface area contributed by atoms with Crippen LogP contribution in [0.2, 0.25) is 0 Å². The first kappa shape index (κ1) is 16.7. The Balaban J connectivity index is 1.49. The summed E-state index contributed by atoms with van der Waals surface area (Å²) < 4.78 is 13.7. The van der Waals surface area contributed by atoms with E-state index in [9.17, 15) is 9.18 Å². The number of hydrogen-bond donors (Lipinski definition) is 0. The van der Waals surface area contributed by atoms with Crippen LogP contribution in [0.4, 0.5) is 10.1 Å². The first-order chi connectivity index (χ1) is 11.8. The molecule has 0 radical (unpaired) electrons. The number of anilines is 1. The summed E-state index contributed by atoms with van der Waals surface area (Å²) in [6, 6.07) is 15.4. The number of hydrogen-bond acceptors (Lipinski definition) is 3. The summed E-state index contributed by atoms with van der Waals surface area (Å²) >= 11 is 0. The Labute approximate surface area is 142 Å². The van der Waals surface area contributed by atoms with Gasteiger partial charge in [-0.3, -0.25) is 9.69 Å². The molecule has 4 heteroatoms. The second-order valence-electron chi connectivity index (χ2n) is 6.21. The molecule has 0 unspecified atom stereocenters. The van der Waals surface area contributed by atoms with Gasteiger partial charge in [0.2, 0.25) is 0 Å². The average Bonchev–Trinajstić information content (AvgIpc) is 2.63. The van der Waals surface area contributed by atoms with Crippen molar-refractivity contribution in [3.05, 3.63) is 65.5 Å². The molecular weight excluding hydrogens is 303 g/mol. The maximum atomic E-state index is 13.7. The minimum atomic E-state index is -0.437. The fourth-order valence-electron chi connectivity index (χ4n) is 3.28. The number of aryl methyl sites for hydroxylation is 1. The van der Waals surface area contributed by atoms with Crippen LogP contribution in [0.1, 0.15) is 22.3 Å². The fourth-order valence-corrected chi connectivity index (χ4v) is 3.28. The van der Waals surface area contributed by atoms with Crippen LogP contribution in [0.15, 0.2) is 48.5 Å². The minimum absolute atomic E-state index is 0.176. The van der Waals surface area contributed by atoms with Crippen LogP contribution < -0.4 is 4.90 Å². The summed E-state index contributed by atoms with van der Waals surface area (Å²) in [5.74, 6) is -0.437. The maximum absolute atomic E-state index is 13.7. The third kappa shape index (κ3) is 4.01. The van der Waals surface area contributed by atoms with Gasteiger partial charge >= 0.3 is 0 Å². The minimum Gasteiger partial charge on any atom is -0.368 e. The lowest BCUT2D eigenvalue weighted by atomic mass is 10.1. The Hall–Kier alpha value is -2.20. The van der Waals surface area contributed by atoms with Gasteiger partial charge in [0, 0.05) is 26.2 Å². The van der Waals surface area contributed by atoms with E-state index in [1.165, 1.54) is 11.6 Å². The van der Waals surface area contributed by atoms with Crippen molar-refractivity contribution in [2.75, 3.05) is 37.6 Å². The Morgan fingerprint density at radius 1 is 0.958 bits per heavy atom. The highest BCUT2D eigenvalue weighted by Crippen LogP contribution is 2.23. The van der Waals surface area contributed by atoms with Gasteiger partial charge in [0.1, 0.15) is 5.82 Å². The topological polar surface area (TPSA) is 23.6 Å². The molecule has 0 aromatic heterocycles. The van der Waals surface area contributed by atoms with Gasteiger partial charge in [-0.15, -0.1) is 0 Å². The SMILES string of the molecule is O=Cc1c(F)cccc1N1CCN(CCCc2ccccc2)CC1. The van der Waals surface area contributed by atoms with Gasteiger partial charge in [-0.25, -0.2) is 4.39 Å². The van der Waals surface area contributed by atoms with Crippen molar-refractivity contribution in [3.63, 3.8) is 0 Å². The molecule has 0 spiro atoms. The predicted octanol–water partition coefficient (Wildman–Crippen LogP) is 3.39. The van der Waals surface area contributed by atoms with Crippen LogP contribution in [0.5, 0.6) is 0 Å². The molecule has 1 heterocycles. The van der Waals surface area contributed by atoms with Gasteiger partial charge in [-0.1, -0.05) is 36.4 Å². The van der Waals surface area contributed by atoms with Crippen LogP contribution in [0.3, 0.4) is 0 Å². The Bertz CT molecular complexity index is 667. The van der Waals surface area contributed by atoms with E-state index < -0.39 is 5.82 Å². The lowest BCUT2D eigenvalue weighted by molar-refractivity contribution is 0.112. The van der Waals surface area contributed by atoms with Crippen molar-refractivity contribution in [3.8, 4) is 0 Å². The summed E-state index contributed by atoms with van der Waals surface area (Å²) in [5, 5.41) is 0. The number of benzene rings is 2. The zero-order valence-electron chi connectivity index (χ0n) is 13.8.